The third-order valence-corrected chi connectivity index (χ3v) is 6.12. The summed E-state index contributed by atoms with van der Waals surface area (Å²) >= 11 is 0. The number of nitrogens with one attached hydrogen (secondary N) is 4. The summed E-state index contributed by atoms with van der Waals surface area (Å²) in [5.41, 5.74) is -1.71. The zero-order valence-electron chi connectivity index (χ0n) is 13.6. The first-order valence-electron chi connectivity index (χ1n) is 7.43. The van der Waals surface area contributed by atoms with Gasteiger partial charge in [-0.1, -0.05) is 0 Å². The van der Waals surface area contributed by atoms with Crippen molar-refractivity contribution in [3.63, 3.8) is 0 Å². The molecule has 26 heavy (non-hydrogen) atoms. The average Bonchev–Trinajstić information content (AvgIpc) is 2.56. The second-order valence-corrected chi connectivity index (χ2v) is 9.45. The van der Waals surface area contributed by atoms with Gasteiger partial charge >= 0.3 is 5.69 Å². The molecule has 0 bridgehead atoms. The second-order valence-electron chi connectivity index (χ2n) is 5.59. The van der Waals surface area contributed by atoms with Crippen LogP contribution in [0.1, 0.15) is 0 Å². The number of aromatic amines is 2. The van der Waals surface area contributed by atoms with E-state index in [1.54, 1.807) is 4.98 Å². The summed E-state index contributed by atoms with van der Waals surface area (Å²) in [4.78, 5) is 27.9. The molecule has 0 aliphatic carbocycles. The van der Waals surface area contributed by atoms with E-state index in [2.05, 4.69) is 9.44 Å². The third kappa shape index (κ3) is 6.58. The summed E-state index contributed by atoms with van der Waals surface area (Å²) in [6.45, 7) is 2.07. The van der Waals surface area contributed by atoms with Gasteiger partial charge in [0.05, 0.1) is 31.5 Å². The number of nitrogens with zero attached hydrogens (tertiary/aromatic N) is 2. The number of hydrogen-bond acceptors (Lipinski definition) is 8. The Balaban J connectivity index is 0.000000228. The Bertz CT molecular complexity index is 870. The van der Waals surface area contributed by atoms with Crippen LogP contribution in [0.25, 0.3) is 0 Å². The molecule has 4 N–H and O–H groups in total. The predicted octanol–water partition coefficient (Wildman–Crippen LogP) is -3.47. The molecule has 12 nitrogen and oxygen atoms in total. The molecule has 2 saturated heterocycles. The molecule has 0 unspecified atom stereocenters. The molecule has 2 aliphatic rings. The number of hydrogen-bond donors (Lipinski definition) is 4. The highest BCUT2D eigenvalue weighted by molar-refractivity contribution is 7.89. The van der Waals surface area contributed by atoms with Crippen molar-refractivity contribution in [3.8, 4) is 0 Å². The summed E-state index contributed by atoms with van der Waals surface area (Å²) in [6.07, 6.45) is 0.709. The summed E-state index contributed by atoms with van der Waals surface area (Å²) in [5, 5.41) is 0. The number of aromatic nitrogens is 2. The van der Waals surface area contributed by atoms with Crippen molar-refractivity contribution in [2.24, 2.45) is 0 Å². The third-order valence-electron chi connectivity index (χ3n) is 3.54. The van der Waals surface area contributed by atoms with Crippen molar-refractivity contribution >= 4 is 20.0 Å². The lowest BCUT2D eigenvalue weighted by molar-refractivity contribution is 0.130. The summed E-state index contributed by atoms with van der Waals surface area (Å²) < 4.78 is 61.4. The van der Waals surface area contributed by atoms with E-state index in [9.17, 15) is 30.8 Å². The van der Waals surface area contributed by atoms with Crippen LogP contribution >= 0.6 is 0 Å². The van der Waals surface area contributed by atoms with Crippen LogP contribution in [0, 0.1) is 5.82 Å². The highest BCUT2D eigenvalue weighted by Crippen LogP contribution is 2.03. The molecule has 0 aromatic carbocycles. The zero-order chi connectivity index (χ0) is 19.4. The monoisotopic (exact) mass is 414 g/mol. The first kappa shape index (κ1) is 20.7. The molecule has 0 saturated carbocycles. The first-order chi connectivity index (χ1) is 12.1. The van der Waals surface area contributed by atoms with E-state index in [4.69, 9.17) is 0 Å². The van der Waals surface area contributed by atoms with Gasteiger partial charge in [0.1, 0.15) is 0 Å². The van der Waals surface area contributed by atoms with Crippen LogP contribution in [0.4, 0.5) is 4.39 Å². The van der Waals surface area contributed by atoms with Gasteiger partial charge in [0, 0.05) is 19.3 Å². The maximum atomic E-state index is 12.0. The minimum Gasteiger partial charge on any atom is -0.311 e. The summed E-state index contributed by atoms with van der Waals surface area (Å²) in [7, 11) is -6.19. The Morgan fingerprint density at radius 2 is 1.46 bits per heavy atom. The van der Waals surface area contributed by atoms with Crippen molar-refractivity contribution in [1.82, 2.24) is 29.2 Å². The molecule has 0 amide bonds. The van der Waals surface area contributed by atoms with Gasteiger partial charge in [-0.15, -0.1) is 0 Å². The Kier molecular flexibility index (Phi) is 6.64. The Morgan fingerprint density at radius 3 is 1.81 bits per heavy atom. The van der Waals surface area contributed by atoms with Crippen molar-refractivity contribution in [3.05, 3.63) is 32.9 Å². The smallest absolute Gasteiger partial charge is 0.311 e. The van der Waals surface area contributed by atoms with Gasteiger partial charge in [-0.05, 0) is 0 Å². The second kappa shape index (κ2) is 8.36. The molecule has 1 aromatic heterocycles. The molecule has 3 rings (SSSR count). The fraction of sp³-hybridized carbons (Fsp3) is 0.636. The van der Waals surface area contributed by atoms with E-state index >= 15 is 0 Å². The average molecular weight is 414 g/mol. The Morgan fingerprint density at radius 1 is 0.962 bits per heavy atom. The van der Waals surface area contributed by atoms with E-state index in [1.807, 2.05) is 14.8 Å². The van der Waals surface area contributed by atoms with Gasteiger partial charge in [0.25, 0.3) is 5.56 Å². The SMILES string of the molecule is O=S1(=O)CCN(CN2CCS(=O)(=O)NC2)CN1.O=c1[nH]cc(F)c(=O)[nH]1. The van der Waals surface area contributed by atoms with E-state index in [0.717, 1.165) is 0 Å². The molecule has 3 heterocycles. The molecular formula is C11H19FN6O6S2. The molecule has 2 fully saturated rings. The van der Waals surface area contributed by atoms with Crippen LogP contribution in [0.15, 0.2) is 15.8 Å². The van der Waals surface area contributed by atoms with Crippen molar-refractivity contribution in [2.75, 3.05) is 44.6 Å². The lowest BCUT2D eigenvalue weighted by Crippen LogP contribution is -2.55. The van der Waals surface area contributed by atoms with E-state index in [0.29, 0.717) is 26.0 Å². The Hall–Kier alpha value is -1.65. The highest BCUT2D eigenvalue weighted by atomic mass is 32.2. The molecule has 0 spiro atoms. The zero-order valence-corrected chi connectivity index (χ0v) is 15.2. The summed E-state index contributed by atoms with van der Waals surface area (Å²) in [6, 6.07) is 0. The number of halogens is 1. The normalized spacial score (nSPS) is 23.0. The molecule has 2 aliphatic heterocycles. The van der Waals surface area contributed by atoms with Crippen LogP contribution in [-0.2, 0) is 20.0 Å². The van der Waals surface area contributed by atoms with Gasteiger partial charge in [0.2, 0.25) is 25.9 Å². The summed E-state index contributed by atoms with van der Waals surface area (Å²) in [5.74, 6) is -0.811. The molecule has 15 heteroatoms. The van der Waals surface area contributed by atoms with Gasteiger partial charge in [-0.2, -0.15) is 4.39 Å². The lowest BCUT2D eigenvalue weighted by atomic mass is 10.5. The van der Waals surface area contributed by atoms with Gasteiger partial charge in [-0.25, -0.2) is 31.1 Å². The first-order valence-corrected chi connectivity index (χ1v) is 10.7. The molecule has 0 radical (unpaired) electrons. The van der Waals surface area contributed by atoms with Crippen LogP contribution in [0.5, 0.6) is 0 Å². The quantitative estimate of drug-likeness (QED) is 0.388. The van der Waals surface area contributed by atoms with E-state index < -0.39 is 37.1 Å². The number of H-pyrrole nitrogens is 2. The molecule has 148 valence electrons. The number of rotatable bonds is 2. The maximum Gasteiger partial charge on any atom is 0.325 e. The largest absolute Gasteiger partial charge is 0.325 e. The minimum atomic E-state index is -3.10. The van der Waals surface area contributed by atoms with Gasteiger partial charge < -0.3 is 4.98 Å². The van der Waals surface area contributed by atoms with Crippen LogP contribution in [0.2, 0.25) is 0 Å². The Labute approximate surface area is 148 Å². The lowest BCUT2D eigenvalue weighted by Gasteiger charge is -2.34. The molecule has 1 aromatic rings. The fourth-order valence-corrected chi connectivity index (χ4v) is 4.14. The number of sulfonamides is 2. The molecular weight excluding hydrogens is 395 g/mol. The predicted molar refractivity (Wildman–Crippen MR) is 89.5 cm³/mol. The van der Waals surface area contributed by atoms with Crippen LogP contribution in [0.3, 0.4) is 0 Å². The minimum absolute atomic E-state index is 0.0898. The van der Waals surface area contributed by atoms with Crippen molar-refractivity contribution in [1.29, 1.82) is 0 Å². The highest BCUT2D eigenvalue weighted by Gasteiger charge is 2.25. The van der Waals surface area contributed by atoms with E-state index in [-0.39, 0.29) is 24.8 Å². The topological polar surface area (TPSA) is 165 Å². The maximum absolute atomic E-state index is 12.0. The van der Waals surface area contributed by atoms with E-state index in [1.165, 1.54) is 0 Å². The van der Waals surface area contributed by atoms with Gasteiger partial charge in [0.15, 0.2) is 0 Å². The standard InChI is InChI=1S/C7H16N4O4S2.C4H3FN2O2/c12-16(13)3-1-10(5-8-16)7-11-2-4-17(14,15)9-6-11;5-2-1-6-4(9)7-3(2)8/h8-9H,1-7H2;1H,(H2,6,7,8,9). The fourth-order valence-electron chi connectivity index (χ4n) is 2.10. The van der Waals surface area contributed by atoms with Crippen LogP contribution < -0.4 is 20.7 Å². The molecule has 0 atom stereocenters. The van der Waals surface area contributed by atoms with Gasteiger partial charge in [-0.3, -0.25) is 19.6 Å². The van der Waals surface area contributed by atoms with Crippen molar-refractivity contribution < 1.29 is 21.2 Å². The van der Waals surface area contributed by atoms with Crippen molar-refractivity contribution in [2.45, 2.75) is 0 Å². The van der Waals surface area contributed by atoms with Crippen LogP contribution in [-0.4, -0.2) is 81.2 Å².